The lowest BCUT2D eigenvalue weighted by atomic mass is 9.86. The first-order valence-corrected chi connectivity index (χ1v) is 8.76. The van der Waals surface area contributed by atoms with Gasteiger partial charge in [0.2, 0.25) is 11.8 Å². The third kappa shape index (κ3) is 2.19. The predicted molar refractivity (Wildman–Crippen MR) is 96.4 cm³/mol. The molecule has 2 amide bonds. The van der Waals surface area contributed by atoms with Gasteiger partial charge in [-0.1, -0.05) is 30.4 Å². The number of ketones is 1. The minimum atomic E-state index is -0.817. The fraction of sp³-hybridized carbons (Fsp3) is 0.190. The highest BCUT2D eigenvalue weighted by Gasteiger charge is 2.61. The third-order valence-corrected chi connectivity index (χ3v) is 5.65. The SMILES string of the molecule is O=C1NC(=O)[C@@H]2[C@@H]1[C@H]1C=Cc3ccccc3N1[C@H]2C(=O)c1ccc(F)cc1. The van der Waals surface area contributed by atoms with Crippen molar-refractivity contribution in [2.24, 2.45) is 11.8 Å². The third-order valence-electron chi connectivity index (χ3n) is 5.65. The molecule has 2 fully saturated rings. The number of nitrogens with zero attached hydrogens (tertiary/aromatic N) is 1. The van der Waals surface area contributed by atoms with Gasteiger partial charge >= 0.3 is 0 Å². The second kappa shape index (κ2) is 5.61. The molecule has 4 atom stereocenters. The quantitative estimate of drug-likeness (QED) is 0.657. The Labute approximate surface area is 154 Å². The Bertz CT molecular complexity index is 1010. The number of para-hydroxylation sites is 1. The number of nitrogens with one attached hydrogen (secondary N) is 1. The number of halogens is 1. The van der Waals surface area contributed by atoms with Crippen molar-refractivity contribution in [2.45, 2.75) is 12.1 Å². The molecule has 5 nitrogen and oxygen atoms in total. The molecule has 3 aliphatic rings. The molecule has 0 saturated carbocycles. The van der Waals surface area contributed by atoms with E-state index in [4.69, 9.17) is 0 Å². The molecule has 3 heterocycles. The first-order chi connectivity index (χ1) is 13.1. The van der Waals surface area contributed by atoms with E-state index in [9.17, 15) is 18.8 Å². The van der Waals surface area contributed by atoms with Crippen LogP contribution in [0.4, 0.5) is 10.1 Å². The zero-order valence-electron chi connectivity index (χ0n) is 14.1. The number of anilines is 1. The van der Waals surface area contributed by atoms with Crippen LogP contribution in [0.1, 0.15) is 15.9 Å². The van der Waals surface area contributed by atoms with Crippen molar-refractivity contribution >= 4 is 29.4 Å². The first kappa shape index (κ1) is 15.9. The Kier molecular flexibility index (Phi) is 3.31. The molecule has 2 aromatic rings. The molecule has 5 rings (SSSR count). The van der Waals surface area contributed by atoms with Crippen molar-refractivity contribution in [1.29, 1.82) is 0 Å². The zero-order valence-corrected chi connectivity index (χ0v) is 14.1. The second-order valence-corrected chi connectivity index (χ2v) is 7.04. The Morgan fingerprint density at radius 1 is 0.963 bits per heavy atom. The van der Waals surface area contributed by atoms with Crippen LogP contribution in [-0.4, -0.2) is 29.7 Å². The summed E-state index contributed by atoms with van der Waals surface area (Å²) in [6, 6.07) is 11.7. The van der Waals surface area contributed by atoms with Gasteiger partial charge in [-0.3, -0.25) is 19.7 Å². The molecule has 0 spiro atoms. The standard InChI is InChI=1S/C21H15FN2O3/c22-13-8-5-12(6-9-13)19(25)18-17-16(20(26)23-21(17)27)15-10-7-11-3-1-2-4-14(11)24(15)18/h1-10,15-18H,(H,23,26,27)/t15-,16+,17-,18-/m1/s1. The summed E-state index contributed by atoms with van der Waals surface area (Å²) in [7, 11) is 0. The molecule has 2 saturated heterocycles. The Morgan fingerprint density at radius 3 is 2.44 bits per heavy atom. The summed E-state index contributed by atoms with van der Waals surface area (Å²) in [4.78, 5) is 40.2. The van der Waals surface area contributed by atoms with Crippen molar-refractivity contribution in [3.63, 3.8) is 0 Å². The first-order valence-electron chi connectivity index (χ1n) is 8.76. The van der Waals surface area contributed by atoms with Crippen molar-refractivity contribution in [2.75, 3.05) is 4.90 Å². The van der Waals surface area contributed by atoms with E-state index in [0.29, 0.717) is 5.56 Å². The Morgan fingerprint density at radius 2 is 1.67 bits per heavy atom. The van der Waals surface area contributed by atoms with E-state index in [1.807, 2.05) is 41.3 Å². The summed E-state index contributed by atoms with van der Waals surface area (Å²) in [6.45, 7) is 0. The van der Waals surface area contributed by atoms with E-state index >= 15 is 0 Å². The van der Waals surface area contributed by atoms with Crippen LogP contribution in [0.15, 0.2) is 54.6 Å². The summed E-state index contributed by atoms with van der Waals surface area (Å²) in [5, 5.41) is 2.37. The number of Topliss-reactive ketones (excluding diaryl/α,β-unsaturated/α-hetero) is 1. The van der Waals surface area contributed by atoms with Crippen molar-refractivity contribution < 1.29 is 18.8 Å². The fourth-order valence-corrected chi connectivity index (χ4v) is 4.52. The molecular weight excluding hydrogens is 347 g/mol. The number of rotatable bonds is 2. The highest BCUT2D eigenvalue weighted by molar-refractivity contribution is 6.14. The minimum absolute atomic E-state index is 0.289. The van der Waals surface area contributed by atoms with Gasteiger partial charge < -0.3 is 4.90 Å². The van der Waals surface area contributed by atoms with Crippen LogP contribution in [-0.2, 0) is 9.59 Å². The van der Waals surface area contributed by atoms with Gasteiger partial charge in [-0.15, -0.1) is 0 Å². The number of fused-ring (bicyclic) bond motifs is 5. The fourth-order valence-electron chi connectivity index (χ4n) is 4.52. The highest BCUT2D eigenvalue weighted by atomic mass is 19.1. The van der Waals surface area contributed by atoms with Gasteiger partial charge in [-0.2, -0.15) is 0 Å². The van der Waals surface area contributed by atoms with Gasteiger partial charge in [-0.25, -0.2) is 4.39 Å². The van der Waals surface area contributed by atoms with Crippen LogP contribution in [0, 0.1) is 17.7 Å². The normalized spacial score (nSPS) is 27.8. The summed E-state index contributed by atoms with van der Waals surface area (Å²) >= 11 is 0. The summed E-state index contributed by atoms with van der Waals surface area (Å²) in [6.07, 6.45) is 3.81. The van der Waals surface area contributed by atoms with Crippen LogP contribution in [0.3, 0.4) is 0 Å². The average Bonchev–Trinajstić information content (AvgIpc) is 3.17. The van der Waals surface area contributed by atoms with Crippen molar-refractivity contribution in [3.05, 3.63) is 71.6 Å². The second-order valence-electron chi connectivity index (χ2n) is 7.04. The summed E-state index contributed by atoms with van der Waals surface area (Å²) in [5.41, 5.74) is 2.07. The van der Waals surface area contributed by atoms with Crippen LogP contribution in [0.2, 0.25) is 0 Å². The van der Waals surface area contributed by atoms with Crippen molar-refractivity contribution in [3.8, 4) is 0 Å². The summed E-state index contributed by atoms with van der Waals surface area (Å²) < 4.78 is 13.3. The van der Waals surface area contributed by atoms with Crippen molar-refractivity contribution in [1.82, 2.24) is 5.32 Å². The summed E-state index contributed by atoms with van der Waals surface area (Å²) in [5.74, 6) is -2.88. The van der Waals surface area contributed by atoms with E-state index in [2.05, 4.69) is 5.32 Å². The van der Waals surface area contributed by atoms with Gasteiger partial charge in [0.1, 0.15) is 11.9 Å². The van der Waals surface area contributed by atoms with Crippen LogP contribution in [0.5, 0.6) is 0 Å². The average molecular weight is 362 g/mol. The zero-order chi connectivity index (χ0) is 18.7. The maximum Gasteiger partial charge on any atom is 0.233 e. The van der Waals surface area contributed by atoms with Crippen LogP contribution >= 0.6 is 0 Å². The van der Waals surface area contributed by atoms with Gasteiger partial charge in [0.25, 0.3) is 0 Å². The van der Waals surface area contributed by atoms with Crippen LogP contribution in [0.25, 0.3) is 6.08 Å². The molecule has 1 N–H and O–H groups in total. The molecule has 27 heavy (non-hydrogen) atoms. The maximum atomic E-state index is 13.3. The molecule has 3 aliphatic heterocycles. The van der Waals surface area contributed by atoms with E-state index < -0.39 is 29.6 Å². The van der Waals surface area contributed by atoms with E-state index in [1.54, 1.807) is 0 Å². The number of carbonyl (C=O) groups is 3. The number of hydrogen-bond acceptors (Lipinski definition) is 4. The maximum absolute atomic E-state index is 13.3. The van der Waals surface area contributed by atoms with Gasteiger partial charge in [0.05, 0.1) is 17.9 Å². The van der Waals surface area contributed by atoms with Crippen LogP contribution < -0.4 is 10.2 Å². The van der Waals surface area contributed by atoms with E-state index in [-0.39, 0.29) is 17.7 Å². The lowest BCUT2D eigenvalue weighted by molar-refractivity contribution is -0.126. The topological polar surface area (TPSA) is 66.5 Å². The number of imide groups is 1. The van der Waals surface area contributed by atoms with Gasteiger partial charge in [0.15, 0.2) is 5.78 Å². The lowest BCUT2D eigenvalue weighted by Gasteiger charge is -2.35. The molecule has 6 heteroatoms. The molecule has 0 radical (unpaired) electrons. The monoisotopic (exact) mass is 362 g/mol. The Hall–Kier alpha value is -3.28. The molecule has 0 aromatic heterocycles. The number of benzene rings is 2. The largest absolute Gasteiger partial charge is 0.352 e. The minimum Gasteiger partial charge on any atom is -0.352 e. The molecule has 0 bridgehead atoms. The van der Waals surface area contributed by atoms with E-state index in [0.717, 1.165) is 11.3 Å². The molecule has 134 valence electrons. The Balaban J connectivity index is 1.66. The number of hydrogen-bond donors (Lipinski definition) is 1. The lowest BCUT2D eigenvalue weighted by Crippen LogP contribution is -2.47. The number of carbonyl (C=O) groups excluding carboxylic acids is 3. The smallest absolute Gasteiger partial charge is 0.233 e. The molecular formula is C21H15FN2O3. The molecule has 0 aliphatic carbocycles. The highest BCUT2D eigenvalue weighted by Crippen LogP contribution is 2.46. The molecule has 2 aromatic carbocycles. The molecule has 0 unspecified atom stereocenters. The van der Waals surface area contributed by atoms with Gasteiger partial charge in [-0.05, 0) is 35.9 Å². The van der Waals surface area contributed by atoms with E-state index in [1.165, 1.54) is 24.3 Å². The van der Waals surface area contributed by atoms with Gasteiger partial charge in [0, 0.05) is 11.3 Å². The number of amides is 2. The predicted octanol–water partition coefficient (Wildman–Crippen LogP) is 2.18.